The van der Waals surface area contributed by atoms with Gasteiger partial charge < -0.3 is 25.7 Å². The quantitative estimate of drug-likeness (QED) is 0.0309. The maximum atomic E-state index is 12.6. The summed E-state index contributed by atoms with van der Waals surface area (Å²) in [5.74, 6) is -0.596. The summed E-state index contributed by atoms with van der Waals surface area (Å²) in [7, 11) is 0. The fourth-order valence-corrected chi connectivity index (χ4v) is 8.30. The first-order valence-electron chi connectivity index (χ1n) is 26.9. The van der Waals surface area contributed by atoms with Crippen LogP contribution < -0.4 is 5.32 Å². The lowest BCUT2D eigenvalue weighted by Gasteiger charge is -2.27. The van der Waals surface area contributed by atoms with Crippen LogP contribution in [0, 0.1) is 0 Å². The van der Waals surface area contributed by atoms with Crippen molar-refractivity contribution in [2.24, 2.45) is 0 Å². The van der Waals surface area contributed by atoms with Crippen molar-refractivity contribution < 1.29 is 25.2 Å². The molecule has 0 bridgehead atoms. The van der Waals surface area contributed by atoms with Crippen LogP contribution in [-0.2, 0) is 4.79 Å². The van der Waals surface area contributed by atoms with Gasteiger partial charge >= 0.3 is 0 Å². The molecule has 6 nitrogen and oxygen atoms in total. The number of carbonyl (C=O) groups excluding carboxylic acids is 1. The number of allylic oxidation sites excluding steroid dienone is 6. The summed E-state index contributed by atoms with van der Waals surface area (Å²) < 4.78 is 0. The monoisotopic (exact) mass is 860 g/mol. The maximum absolute atomic E-state index is 12.6. The number of nitrogens with one attached hydrogen (secondary N) is 1. The molecule has 360 valence electrons. The van der Waals surface area contributed by atoms with Gasteiger partial charge in [-0.2, -0.15) is 0 Å². The average Bonchev–Trinajstić information content (AvgIpc) is 3.26. The predicted octanol–water partition coefficient (Wildman–Crippen LogP) is 15.2. The van der Waals surface area contributed by atoms with Crippen LogP contribution in [0.3, 0.4) is 0 Å². The summed E-state index contributed by atoms with van der Waals surface area (Å²) in [4.78, 5) is 12.6. The van der Waals surface area contributed by atoms with Gasteiger partial charge in [0, 0.05) is 0 Å². The number of aliphatic hydroxyl groups is 4. The Hall–Kier alpha value is -1.47. The number of unbranched alkanes of at least 4 members (excludes halogenated alkanes) is 34. The minimum absolute atomic E-state index is 0.359. The van der Waals surface area contributed by atoms with Crippen LogP contribution >= 0.6 is 0 Å². The third-order valence-electron chi connectivity index (χ3n) is 12.6. The van der Waals surface area contributed by atoms with E-state index in [-0.39, 0.29) is 0 Å². The number of hydrogen-bond acceptors (Lipinski definition) is 5. The molecule has 0 aliphatic rings. The van der Waals surface area contributed by atoms with Crippen LogP contribution in [0.2, 0.25) is 0 Å². The van der Waals surface area contributed by atoms with Crippen molar-refractivity contribution in [2.75, 3.05) is 6.61 Å². The molecule has 4 unspecified atom stereocenters. The Morgan fingerprint density at radius 1 is 0.393 bits per heavy atom. The Bertz CT molecular complexity index is 966. The molecule has 0 saturated heterocycles. The molecular formula is C55H105NO5. The van der Waals surface area contributed by atoms with Crippen LogP contribution in [0.25, 0.3) is 0 Å². The smallest absolute Gasteiger partial charge is 0.249 e. The van der Waals surface area contributed by atoms with Crippen LogP contribution in [-0.4, -0.2) is 57.3 Å². The summed E-state index contributed by atoms with van der Waals surface area (Å²) in [6.45, 7) is 4.06. The molecule has 0 saturated carbocycles. The van der Waals surface area contributed by atoms with E-state index < -0.39 is 36.9 Å². The van der Waals surface area contributed by atoms with Gasteiger partial charge in [-0.3, -0.25) is 4.79 Å². The highest BCUT2D eigenvalue weighted by atomic mass is 16.3. The van der Waals surface area contributed by atoms with Crippen molar-refractivity contribution in [3.63, 3.8) is 0 Å². The van der Waals surface area contributed by atoms with E-state index in [2.05, 4.69) is 55.6 Å². The molecular weight excluding hydrogens is 755 g/mol. The van der Waals surface area contributed by atoms with Gasteiger partial charge in [-0.1, -0.05) is 237 Å². The van der Waals surface area contributed by atoms with Gasteiger partial charge in [0.1, 0.15) is 12.2 Å². The molecule has 4 atom stereocenters. The standard InChI is InChI=1S/C55H105NO5/c1-3-5-7-9-11-13-15-17-19-21-23-24-25-26-27-28-29-31-33-35-37-39-41-43-45-47-49-53(59)55(61)56-51(50-57)54(60)52(58)48-46-44-42-40-38-36-34-32-30-22-20-18-16-14-12-10-8-6-4-2/h26-27,32,34,40,42,51-54,57-60H,3-25,28-31,33,35-39,41,43-50H2,1-2H3,(H,56,61)/b27-26-,34-32+,42-40+. The van der Waals surface area contributed by atoms with Crippen LogP contribution in [0.1, 0.15) is 277 Å². The van der Waals surface area contributed by atoms with Crippen molar-refractivity contribution in [1.82, 2.24) is 5.32 Å². The van der Waals surface area contributed by atoms with Crippen molar-refractivity contribution in [1.29, 1.82) is 0 Å². The highest BCUT2D eigenvalue weighted by Crippen LogP contribution is 2.16. The van der Waals surface area contributed by atoms with E-state index in [9.17, 15) is 25.2 Å². The van der Waals surface area contributed by atoms with Crippen molar-refractivity contribution in [3.8, 4) is 0 Å². The Morgan fingerprint density at radius 3 is 1.03 bits per heavy atom. The third kappa shape index (κ3) is 43.6. The van der Waals surface area contributed by atoms with E-state index in [4.69, 9.17) is 0 Å². The SMILES string of the molecule is CCCCCCCCCCCC/C=C/CC/C=C/CCCC(O)C(O)C(CO)NC(=O)C(O)CCCCCCCCCCCC/C=C\CCCCCCCCCCCCCC. The largest absolute Gasteiger partial charge is 0.394 e. The Morgan fingerprint density at radius 2 is 0.689 bits per heavy atom. The second kappa shape index (κ2) is 49.5. The predicted molar refractivity (Wildman–Crippen MR) is 265 cm³/mol. The van der Waals surface area contributed by atoms with Crippen molar-refractivity contribution in [3.05, 3.63) is 36.5 Å². The highest BCUT2D eigenvalue weighted by molar-refractivity contribution is 5.80. The normalized spacial score (nSPS) is 14.1. The van der Waals surface area contributed by atoms with Gasteiger partial charge in [0.2, 0.25) is 5.91 Å². The summed E-state index contributed by atoms with van der Waals surface area (Å²) in [6.07, 6.45) is 60.6. The summed E-state index contributed by atoms with van der Waals surface area (Å²) in [6, 6.07) is -1.01. The Balaban J connectivity index is 3.69. The molecule has 6 heteroatoms. The van der Waals surface area contributed by atoms with E-state index in [1.807, 2.05) is 0 Å². The van der Waals surface area contributed by atoms with Crippen molar-refractivity contribution >= 4 is 5.91 Å². The Labute approximate surface area is 379 Å². The van der Waals surface area contributed by atoms with E-state index in [1.54, 1.807) is 0 Å². The Kier molecular flexibility index (Phi) is 48.3. The summed E-state index contributed by atoms with van der Waals surface area (Å²) >= 11 is 0. The third-order valence-corrected chi connectivity index (χ3v) is 12.6. The summed E-state index contributed by atoms with van der Waals surface area (Å²) in [5, 5.41) is 43.9. The first-order chi connectivity index (χ1) is 30.0. The minimum Gasteiger partial charge on any atom is -0.394 e. The lowest BCUT2D eigenvalue weighted by molar-refractivity contribution is -0.132. The topological polar surface area (TPSA) is 110 Å². The molecule has 1 amide bonds. The van der Waals surface area contributed by atoms with E-state index in [1.165, 1.54) is 205 Å². The zero-order chi connectivity index (χ0) is 44.5. The average molecular weight is 860 g/mol. The van der Waals surface area contributed by atoms with Gasteiger partial charge in [0.15, 0.2) is 0 Å². The molecule has 0 aliphatic heterocycles. The van der Waals surface area contributed by atoms with E-state index in [0.29, 0.717) is 19.3 Å². The zero-order valence-corrected chi connectivity index (χ0v) is 40.7. The molecule has 0 aromatic heterocycles. The van der Waals surface area contributed by atoms with Crippen LogP contribution in [0.5, 0.6) is 0 Å². The van der Waals surface area contributed by atoms with Crippen LogP contribution in [0.4, 0.5) is 0 Å². The molecule has 0 heterocycles. The van der Waals surface area contributed by atoms with Gasteiger partial charge in [-0.05, 0) is 77.0 Å². The molecule has 0 aromatic rings. The fraction of sp³-hybridized carbons (Fsp3) is 0.873. The first-order valence-corrected chi connectivity index (χ1v) is 26.9. The fourth-order valence-electron chi connectivity index (χ4n) is 8.30. The van der Waals surface area contributed by atoms with Gasteiger partial charge in [0.25, 0.3) is 0 Å². The summed E-state index contributed by atoms with van der Waals surface area (Å²) in [5.41, 5.74) is 0. The minimum atomic E-state index is -1.29. The number of carbonyl (C=O) groups is 1. The molecule has 0 aliphatic carbocycles. The lowest BCUT2D eigenvalue weighted by Crippen LogP contribution is -2.53. The molecule has 0 spiro atoms. The number of rotatable bonds is 49. The second-order valence-corrected chi connectivity index (χ2v) is 18.6. The molecule has 5 N–H and O–H groups in total. The highest BCUT2D eigenvalue weighted by Gasteiger charge is 2.28. The molecule has 61 heavy (non-hydrogen) atoms. The van der Waals surface area contributed by atoms with Crippen molar-refractivity contribution in [2.45, 2.75) is 301 Å². The molecule has 0 radical (unpaired) electrons. The molecule has 0 fully saturated rings. The molecule has 0 rings (SSSR count). The van der Waals surface area contributed by atoms with Gasteiger partial charge in [-0.25, -0.2) is 0 Å². The second-order valence-electron chi connectivity index (χ2n) is 18.6. The molecule has 0 aromatic carbocycles. The van der Waals surface area contributed by atoms with Gasteiger partial charge in [0.05, 0.1) is 18.8 Å². The first kappa shape index (κ1) is 59.5. The number of amides is 1. The van der Waals surface area contributed by atoms with Gasteiger partial charge in [-0.15, -0.1) is 0 Å². The van der Waals surface area contributed by atoms with E-state index in [0.717, 1.165) is 38.5 Å². The van der Waals surface area contributed by atoms with Crippen LogP contribution in [0.15, 0.2) is 36.5 Å². The number of hydrogen-bond donors (Lipinski definition) is 5. The lowest BCUT2D eigenvalue weighted by atomic mass is 10.00. The zero-order valence-electron chi connectivity index (χ0n) is 40.7. The van der Waals surface area contributed by atoms with E-state index >= 15 is 0 Å². The maximum Gasteiger partial charge on any atom is 0.249 e. The number of aliphatic hydroxyl groups excluding tert-OH is 4.